The quantitative estimate of drug-likeness (QED) is 0.781. The fourth-order valence-corrected chi connectivity index (χ4v) is 5.06. The van der Waals surface area contributed by atoms with Crippen LogP contribution >= 0.6 is 0 Å². The number of aryl methyl sites for hydroxylation is 2. The Balaban J connectivity index is 2.22. The van der Waals surface area contributed by atoms with Crippen molar-refractivity contribution in [3.8, 4) is 0 Å². The molecule has 0 fully saturated rings. The van der Waals surface area contributed by atoms with Crippen LogP contribution in [-0.2, 0) is 19.7 Å². The van der Waals surface area contributed by atoms with E-state index in [4.69, 9.17) is 11.5 Å². The van der Waals surface area contributed by atoms with Crippen molar-refractivity contribution in [1.29, 1.82) is 0 Å². The molecule has 2 unspecified atom stereocenters. The Hall–Kier alpha value is -1.74. The van der Waals surface area contributed by atoms with Gasteiger partial charge in [0.2, 0.25) is 0 Å². The topological polar surface area (TPSA) is 120 Å². The van der Waals surface area contributed by atoms with Gasteiger partial charge in [-0.15, -0.1) is 0 Å². The third kappa shape index (κ3) is 4.27. The first-order valence-corrected chi connectivity index (χ1v) is 10.8. The third-order valence-electron chi connectivity index (χ3n) is 3.96. The van der Waals surface area contributed by atoms with Gasteiger partial charge in [-0.2, -0.15) is 0 Å². The zero-order valence-corrected chi connectivity index (χ0v) is 15.7. The number of hydrogen-bond acceptors (Lipinski definition) is 6. The summed E-state index contributed by atoms with van der Waals surface area (Å²) in [7, 11) is -7.73. The van der Waals surface area contributed by atoms with Gasteiger partial charge < -0.3 is 11.5 Å². The summed E-state index contributed by atoms with van der Waals surface area (Å²) in [5, 5.41) is -2.82. The van der Waals surface area contributed by atoms with E-state index < -0.39 is 36.8 Å². The van der Waals surface area contributed by atoms with Crippen LogP contribution in [0.5, 0.6) is 0 Å². The monoisotopic (exact) mass is 382 g/mol. The smallest absolute Gasteiger partial charge is 0.194 e. The Bertz CT molecular complexity index is 856. The van der Waals surface area contributed by atoms with Crippen LogP contribution in [0.15, 0.2) is 58.3 Å². The van der Waals surface area contributed by atoms with Gasteiger partial charge in [-0.1, -0.05) is 35.4 Å². The molecule has 25 heavy (non-hydrogen) atoms. The van der Waals surface area contributed by atoms with Gasteiger partial charge in [-0.25, -0.2) is 16.8 Å². The molecule has 0 radical (unpaired) electrons. The Morgan fingerprint density at radius 1 is 0.680 bits per heavy atom. The maximum atomic E-state index is 12.5. The minimum Gasteiger partial charge on any atom is -0.315 e. The Morgan fingerprint density at radius 3 is 1.24 bits per heavy atom. The molecule has 0 aromatic heterocycles. The molecule has 8 heteroatoms. The molecule has 0 heterocycles. The second-order valence-corrected chi connectivity index (χ2v) is 10.4. The molecule has 0 bridgehead atoms. The van der Waals surface area contributed by atoms with E-state index in [1.807, 2.05) is 13.8 Å². The molecule has 0 spiro atoms. The average molecular weight is 383 g/mol. The lowest BCUT2D eigenvalue weighted by Gasteiger charge is -2.18. The normalized spacial score (nSPS) is 14.9. The highest BCUT2D eigenvalue weighted by Crippen LogP contribution is 2.21. The van der Waals surface area contributed by atoms with Crippen LogP contribution < -0.4 is 11.5 Å². The fourth-order valence-electron chi connectivity index (χ4n) is 2.29. The summed E-state index contributed by atoms with van der Waals surface area (Å²) in [6, 6.07) is 12.4. The van der Waals surface area contributed by atoms with E-state index in [0.29, 0.717) is 0 Å². The summed E-state index contributed by atoms with van der Waals surface area (Å²) in [4.78, 5) is 0.0936. The van der Waals surface area contributed by atoms with Crippen LogP contribution in [-0.4, -0.2) is 27.6 Å². The van der Waals surface area contributed by atoms with Gasteiger partial charge in [0.15, 0.2) is 19.7 Å². The third-order valence-corrected chi connectivity index (χ3v) is 7.80. The van der Waals surface area contributed by atoms with Gasteiger partial charge in [0.1, 0.15) is 10.7 Å². The highest BCUT2D eigenvalue weighted by molar-refractivity contribution is 7.93. The molecule has 0 saturated carbocycles. The molecule has 0 aliphatic carbocycles. The second-order valence-electron chi connectivity index (χ2n) is 6.03. The van der Waals surface area contributed by atoms with E-state index in [1.165, 1.54) is 24.3 Å². The van der Waals surface area contributed by atoms with Gasteiger partial charge in [-0.05, 0) is 38.1 Å². The SMILES string of the molecule is Cc1ccc(S(=O)(=O)C(N)CC(N)S(=O)(=O)c2ccc(C)cc2)cc1. The largest absolute Gasteiger partial charge is 0.315 e. The van der Waals surface area contributed by atoms with Crippen LogP contribution in [0.3, 0.4) is 0 Å². The minimum absolute atomic E-state index is 0.0468. The van der Waals surface area contributed by atoms with E-state index in [9.17, 15) is 16.8 Å². The molecular weight excluding hydrogens is 360 g/mol. The van der Waals surface area contributed by atoms with E-state index in [1.54, 1.807) is 24.3 Å². The molecule has 0 aliphatic heterocycles. The first-order valence-electron chi connectivity index (χ1n) is 7.67. The molecule has 0 saturated heterocycles. The summed E-state index contributed by atoms with van der Waals surface area (Å²) in [5.41, 5.74) is 13.4. The first-order chi connectivity index (χ1) is 11.5. The van der Waals surface area contributed by atoms with Crippen LogP contribution in [0.2, 0.25) is 0 Å². The lowest BCUT2D eigenvalue weighted by molar-refractivity contribution is 0.554. The van der Waals surface area contributed by atoms with E-state index in [2.05, 4.69) is 0 Å². The molecule has 136 valence electrons. The number of hydrogen-bond donors (Lipinski definition) is 2. The van der Waals surface area contributed by atoms with E-state index in [0.717, 1.165) is 11.1 Å². The van der Waals surface area contributed by atoms with Crippen molar-refractivity contribution in [3.63, 3.8) is 0 Å². The van der Waals surface area contributed by atoms with E-state index in [-0.39, 0.29) is 9.79 Å². The van der Waals surface area contributed by atoms with Crippen molar-refractivity contribution >= 4 is 19.7 Å². The highest BCUT2D eigenvalue weighted by atomic mass is 32.2. The summed E-state index contributed by atoms with van der Waals surface area (Å²) in [6.45, 7) is 3.67. The molecule has 6 nitrogen and oxygen atoms in total. The Kier molecular flexibility index (Phi) is 5.68. The zero-order valence-electron chi connectivity index (χ0n) is 14.1. The molecule has 2 aromatic rings. The van der Waals surface area contributed by atoms with Crippen LogP contribution in [0.4, 0.5) is 0 Å². The Labute approximate surface area is 148 Å². The van der Waals surface area contributed by atoms with Crippen molar-refractivity contribution in [2.45, 2.75) is 40.8 Å². The first kappa shape index (κ1) is 19.6. The predicted octanol–water partition coefficient (Wildman–Crippen LogP) is 1.51. The van der Waals surface area contributed by atoms with Crippen LogP contribution in [0.1, 0.15) is 17.5 Å². The summed E-state index contributed by atoms with van der Waals surface area (Å²) < 4.78 is 50.0. The summed E-state index contributed by atoms with van der Waals surface area (Å²) in [5.74, 6) is 0. The molecule has 0 aliphatic rings. The molecule has 0 amide bonds. The van der Waals surface area contributed by atoms with E-state index >= 15 is 0 Å². The fraction of sp³-hybridized carbons (Fsp3) is 0.294. The van der Waals surface area contributed by atoms with Gasteiger partial charge in [0.25, 0.3) is 0 Å². The van der Waals surface area contributed by atoms with Crippen LogP contribution in [0, 0.1) is 13.8 Å². The lowest BCUT2D eigenvalue weighted by atomic mass is 10.2. The van der Waals surface area contributed by atoms with Gasteiger partial charge in [0.05, 0.1) is 9.79 Å². The van der Waals surface area contributed by atoms with Crippen molar-refractivity contribution in [2.75, 3.05) is 0 Å². The van der Waals surface area contributed by atoms with Crippen molar-refractivity contribution in [3.05, 3.63) is 59.7 Å². The van der Waals surface area contributed by atoms with Gasteiger partial charge >= 0.3 is 0 Å². The van der Waals surface area contributed by atoms with Crippen molar-refractivity contribution in [1.82, 2.24) is 0 Å². The second kappa shape index (κ2) is 7.25. The lowest BCUT2D eigenvalue weighted by Crippen LogP contribution is -2.41. The Morgan fingerprint density at radius 2 is 0.960 bits per heavy atom. The maximum absolute atomic E-state index is 12.5. The summed E-state index contributed by atoms with van der Waals surface area (Å²) in [6.07, 6.45) is -0.396. The highest BCUT2D eigenvalue weighted by Gasteiger charge is 2.32. The maximum Gasteiger partial charge on any atom is 0.194 e. The minimum atomic E-state index is -3.87. The van der Waals surface area contributed by atoms with Crippen molar-refractivity contribution < 1.29 is 16.8 Å². The number of benzene rings is 2. The average Bonchev–Trinajstić information content (AvgIpc) is 2.55. The molecule has 2 rings (SSSR count). The standard InChI is InChI=1S/C17H22N2O4S2/c1-12-3-7-14(8-4-12)24(20,21)16(18)11-17(19)25(22,23)15-9-5-13(2)6-10-15/h3-10,16-17H,11,18-19H2,1-2H3. The zero-order chi connectivity index (χ0) is 18.8. The molecule has 4 N–H and O–H groups in total. The number of rotatable bonds is 6. The number of nitrogens with two attached hydrogens (primary N) is 2. The van der Waals surface area contributed by atoms with Gasteiger partial charge in [-0.3, -0.25) is 0 Å². The predicted molar refractivity (Wildman–Crippen MR) is 97.3 cm³/mol. The van der Waals surface area contributed by atoms with Gasteiger partial charge in [0, 0.05) is 6.42 Å². The molecule has 2 aromatic carbocycles. The molecular formula is C17H22N2O4S2. The number of sulfone groups is 2. The molecule has 2 atom stereocenters. The summed E-state index contributed by atoms with van der Waals surface area (Å²) >= 11 is 0. The van der Waals surface area contributed by atoms with Crippen molar-refractivity contribution in [2.24, 2.45) is 11.5 Å². The van der Waals surface area contributed by atoms with Crippen LogP contribution in [0.25, 0.3) is 0 Å².